The molecule has 0 nitrogen and oxygen atoms in total. The van der Waals surface area contributed by atoms with Gasteiger partial charge in [-0.2, -0.15) is 4.39 Å². The zero-order valence-corrected chi connectivity index (χ0v) is 5.81. The molecular weight excluding hydrogens is 147 g/mol. The Morgan fingerprint density at radius 3 is 2.50 bits per heavy atom. The maximum absolute atomic E-state index is 12.2. The van der Waals surface area contributed by atoms with Gasteiger partial charge >= 0.3 is 0 Å². The molecule has 1 aromatic rings. The van der Waals surface area contributed by atoms with Crippen molar-refractivity contribution in [3.63, 3.8) is 0 Å². The van der Waals surface area contributed by atoms with Crippen LogP contribution >= 0.6 is 22.9 Å². The van der Waals surface area contributed by atoms with Crippen LogP contribution in [0.4, 0.5) is 4.39 Å². The van der Waals surface area contributed by atoms with Gasteiger partial charge in [0.1, 0.15) is 0 Å². The lowest BCUT2D eigenvalue weighted by molar-refractivity contribution is 0.657. The zero-order valence-electron chi connectivity index (χ0n) is 4.24. The van der Waals surface area contributed by atoms with Gasteiger partial charge in [-0.1, -0.05) is 11.6 Å². The fourth-order valence-corrected chi connectivity index (χ4v) is 1.31. The van der Waals surface area contributed by atoms with E-state index in [2.05, 4.69) is 0 Å². The van der Waals surface area contributed by atoms with Crippen molar-refractivity contribution in [1.29, 1.82) is 0 Å². The number of hydrogen-bond acceptors (Lipinski definition) is 1. The molecule has 0 aliphatic rings. The first-order chi connectivity index (χ1) is 3.72. The third-order valence-electron chi connectivity index (χ3n) is 0.858. The van der Waals surface area contributed by atoms with E-state index < -0.39 is 0 Å². The van der Waals surface area contributed by atoms with E-state index in [0.29, 0.717) is 0 Å². The molecule has 0 N–H and O–H groups in total. The van der Waals surface area contributed by atoms with Crippen molar-refractivity contribution >= 4 is 22.9 Å². The lowest BCUT2D eigenvalue weighted by atomic mass is 10.4. The van der Waals surface area contributed by atoms with E-state index in [9.17, 15) is 4.39 Å². The van der Waals surface area contributed by atoms with Gasteiger partial charge in [0.15, 0.2) is 5.13 Å². The van der Waals surface area contributed by atoms with Crippen molar-refractivity contribution < 1.29 is 4.39 Å². The largest absolute Gasteiger partial charge is 0.195 e. The first-order valence-electron chi connectivity index (χ1n) is 2.11. The van der Waals surface area contributed by atoms with Gasteiger partial charge in [-0.05, 0) is 17.9 Å². The van der Waals surface area contributed by atoms with Gasteiger partial charge in [-0.3, -0.25) is 0 Å². The Hall–Kier alpha value is -0.0800. The highest BCUT2D eigenvalue weighted by molar-refractivity contribution is 7.09. The number of thiophene rings is 1. The summed E-state index contributed by atoms with van der Waals surface area (Å²) in [5.41, 5.74) is 0.814. The van der Waals surface area contributed by atoms with E-state index in [0.717, 1.165) is 16.9 Å². The molecule has 0 atom stereocenters. The lowest BCUT2D eigenvalue weighted by Gasteiger charge is -1.80. The van der Waals surface area contributed by atoms with Crippen LogP contribution in [-0.4, -0.2) is 0 Å². The fraction of sp³-hybridized carbons (Fsp3) is 0.200. The molecule has 0 aliphatic carbocycles. The minimum Gasteiger partial charge on any atom is -0.193 e. The van der Waals surface area contributed by atoms with Crippen LogP contribution < -0.4 is 0 Å². The molecule has 0 aromatic carbocycles. The van der Waals surface area contributed by atoms with E-state index in [4.69, 9.17) is 11.6 Å². The van der Waals surface area contributed by atoms with Gasteiger partial charge in [0, 0.05) is 0 Å². The molecule has 3 heteroatoms. The van der Waals surface area contributed by atoms with Gasteiger partial charge in [0.05, 0.1) is 5.02 Å². The molecule has 0 radical (unpaired) electrons. The minimum atomic E-state index is -0.288. The topological polar surface area (TPSA) is 0 Å². The van der Waals surface area contributed by atoms with Crippen LogP contribution in [0.25, 0.3) is 0 Å². The van der Waals surface area contributed by atoms with E-state index in [-0.39, 0.29) is 10.2 Å². The minimum absolute atomic E-state index is 0.259. The Balaban J connectivity index is 3.19. The van der Waals surface area contributed by atoms with Crippen molar-refractivity contribution in [3.05, 3.63) is 21.1 Å². The second-order valence-corrected chi connectivity index (χ2v) is 2.71. The number of hydrogen-bond donors (Lipinski definition) is 0. The van der Waals surface area contributed by atoms with Gasteiger partial charge in [0.2, 0.25) is 0 Å². The highest BCUT2D eigenvalue weighted by Crippen LogP contribution is 2.24. The molecule has 0 saturated carbocycles. The van der Waals surface area contributed by atoms with Crippen molar-refractivity contribution in [3.8, 4) is 0 Å². The summed E-state index contributed by atoms with van der Waals surface area (Å²) in [6, 6.07) is 0. The Bertz CT molecular complexity index is 175. The first kappa shape index (κ1) is 6.05. The normalized spacial score (nSPS) is 9.88. The molecule has 44 valence electrons. The van der Waals surface area contributed by atoms with Gasteiger partial charge in [-0.25, -0.2) is 0 Å². The Labute approximate surface area is 55.9 Å². The van der Waals surface area contributed by atoms with E-state index in [1.807, 2.05) is 0 Å². The van der Waals surface area contributed by atoms with Crippen molar-refractivity contribution in [2.75, 3.05) is 0 Å². The molecule has 0 saturated heterocycles. The Morgan fingerprint density at radius 2 is 2.38 bits per heavy atom. The molecule has 0 aliphatic heterocycles. The van der Waals surface area contributed by atoms with Crippen LogP contribution in [0.2, 0.25) is 5.02 Å². The third kappa shape index (κ3) is 0.858. The number of aryl methyl sites for hydroxylation is 1. The summed E-state index contributed by atoms with van der Waals surface area (Å²) in [6.45, 7) is 1.78. The molecule has 0 unspecified atom stereocenters. The van der Waals surface area contributed by atoms with Crippen molar-refractivity contribution in [1.82, 2.24) is 0 Å². The molecular formula is C5H4ClFS. The summed E-state index contributed by atoms with van der Waals surface area (Å²) in [6.07, 6.45) is 0. The third-order valence-corrected chi connectivity index (χ3v) is 2.32. The van der Waals surface area contributed by atoms with E-state index >= 15 is 0 Å². The SMILES string of the molecule is Cc1csc(F)c1Cl. The van der Waals surface area contributed by atoms with Gasteiger partial charge in [0.25, 0.3) is 0 Å². The summed E-state index contributed by atoms with van der Waals surface area (Å²) in [7, 11) is 0. The van der Waals surface area contributed by atoms with E-state index in [1.165, 1.54) is 0 Å². The number of rotatable bonds is 0. The molecule has 0 amide bonds. The van der Waals surface area contributed by atoms with Gasteiger partial charge < -0.3 is 0 Å². The smallest absolute Gasteiger partial charge is 0.193 e. The maximum atomic E-state index is 12.2. The number of halogens is 2. The predicted molar refractivity (Wildman–Crippen MR) is 34.0 cm³/mol. The average molecular weight is 151 g/mol. The highest BCUT2D eigenvalue weighted by Gasteiger charge is 2.02. The fourth-order valence-electron chi connectivity index (χ4n) is 0.399. The van der Waals surface area contributed by atoms with Crippen LogP contribution in [0.15, 0.2) is 5.38 Å². The molecule has 1 rings (SSSR count). The summed E-state index contributed by atoms with van der Waals surface area (Å²) < 4.78 is 12.2. The van der Waals surface area contributed by atoms with Crippen molar-refractivity contribution in [2.45, 2.75) is 6.92 Å². The van der Waals surface area contributed by atoms with Crippen LogP contribution in [0, 0.1) is 12.1 Å². The van der Waals surface area contributed by atoms with Crippen LogP contribution in [0.1, 0.15) is 5.56 Å². The standard InChI is InChI=1S/C5H4ClFS/c1-3-2-8-5(7)4(3)6/h2H,1H3. The highest BCUT2D eigenvalue weighted by atomic mass is 35.5. The average Bonchev–Trinajstić information content (AvgIpc) is 1.98. The quantitative estimate of drug-likeness (QED) is 0.534. The molecule has 1 aromatic heterocycles. The zero-order chi connectivity index (χ0) is 6.15. The predicted octanol–water partition coefficient (Wildman–Crippen LogP) is 2.85. The Morgan fingerprint density at radius 1 is 1.75 bits per heavy atom. The molecule has 0 bridgehead atoms. The summed E-state index contributed by atoms with van der Waals surface area (Å²) in [4.78, 5) is 0. The second kappa shape index (κ2) is 2.03. The summed E-state index contributed by atoms with van der Waals surface area (Å²) in [5, 5.41) is 1.66. The maximum Gasteiger partial charge on any atom is 0.195 e. The van der Waals surface area contributed by atoms with Crippen LogP contribution in [0.5, 0.6) is 0 Å². The monoisotopic (exact) mass is 150 g/mol. The van der Waals surface area contributed by atoms with Crippen molar-refractivity contribution in [2.24, 2.45) is 0 Å². The molecule has 0 fully saturated rings. The lowest BCUT2D eigenvalue weighted by Crippen LogP contribution is -1.63. The van der Waals surface area contributed by atoms with Crippen LogP contribution in [0.3, 0.4) is 0 Å². The second-order valence-electron chi connectivity index (χ2n) is 1.51. The summed E-state index contributed by atoms with van der Waals surface area (Å²) >= 11 is 6.46. The molecule has 0 spiro atoms. The Kier molecular flexibility index (Phi) is 1.54. The first-order valence-corrected chi connectivity index (χ1v) is 3.36. The van der Waals surface area contributed by atoms with Gasteiger partial charge in [-0.15, -0.1) is 11.3 Å². The van der Waals surface area contributed by atoms with E-state index in [1.54, 1.807) is 12.3 Å². The molecule has 1 heterocycles. The summed E-state index contributed by atoms with van der Waals surface area (Å²) in [5.74, 6) is 0. The molecule has 8 heavy (non-hydrogen) atoms. The van der Waals surface area contributed by atoms with Crippen LogP contribution in [-0.2, 0) is 0 Å².